The first kappa shape index (κ1) is 14.3. The van der Waals surface area contributed by atoms with Gasteiger partial charge in [0.2, 0.25) is 5.91 Å². The van der Waals surface area contributed by atoms with Crippen molar-refractivity contribution in [3.63, 3.8) is 0 Å². The third-order valence-corrected chi connectivity index (χ3v) is 3.87. The Morgan fingerprint density at radius 2 is 1.73 bits per heavy atom. The van der Waals surface area contributed by atoms with Gasteiger partial charge >= 0.3 is 0 Å². The minimum absolute atomic E-state index is 0.0135. The summed E-state index contributed by atoms with van der Waals surface area (Å²) < 4.78 is 0. The molecule has 22 heavy (non-hydrogen) atoms. The quantitative estimate of drug-likeness (QED) is 0.942. The van der Waals surface area contributed by atoms with Crippen LogP contribution in [0.2, 0.25) is 0 Å². The van der Waals surface area contributed by atoms with Gasteiger partial charge in [-0.05, 0) is 37.1 Å². The van der Waals surface area contributed by atoms with Crippen LogP contribution < -0.4 is 5.73 Å². The summed E-state index contributed by atoms with van der Waals surface area (Å²) in [5.74, 6) is -0.458. The van der Waals surface area contributed by atoms with Crippen LogP contribution in [0, 0.1) is 0 Å². The van der Waals surface area contributed by atoms with Crippen LogP contribution in [0.15, 0.2) is 42.6 Å². The van der Waals surface area contributed by atoms with Gasteiger partial charge in [0.05, 0.1) is 11.3 Å². The highest BCUT2D eigenvalue weighted by atomic mass is 16.2. The predicted octanol–water partition coefficient (Wildman–Crippen LogP) is 2.08. The fraction of sp³-hybridized carbons (Fsp3) is 0.235. The molecule has 1 aliphatic heterocycles. The van der Waals surface area contributed by atoms with Crippen molar-refractivity contribution in [2.45, 2.75) is 12.8 Å². The summed E-state index contributed by atoms with van der Waals surface area (Å²) >= 11 is 0. The summed E-state index contributed by atoms with van der Waals surface area (Å²) in [5, 5.41) is 0. The van der Waals surface area contributed by atoms with Gasteiger partial charge in [-0.2, -0.15) is 0 Å². The zero-order valence-corrected chi connectivity index (χ0v) is 12.2. The molecule has 1 aromatic heterocycles. The number of benzene rings is 1. The Morgan fingerprint density at radius 1 is 1.05 bits per heavy atom. The Kier molecular flexibility index (Phi) is 3.87. The normalized spacial score (nSPS) is 14.1. The van der Waals surface area contributed by atoms with Crippen molar-refractivity contribution in [1.82, 2.24) is 9.88 Å². The number of nitrogens with two attached hydrogens (primary N) is 1. The second-order valence-corrected chi connectivity index (χ2v) is 5.34. The Morgan fingerprint density at radius 3 is 2.36 bits per heavy atom. The van der Waals surface area contributed by atoms with E-state index in [2.05, 4.69) is 4.98 Å². The minimum atomic E-state index is -0.471. The summed E-state index contributed by atoms with van der Waals surface area (Å²) in [6, 6.07) is 10.4. The fourth-order valence-corrected chi connectivity index (χ4v) is 2.69. The summed E-state index contributed by atoms with van der Waals surface area (Å²) in [7, 11) is 0. The van der Waals surface area contributed by atoms with Gasteiger partial charge in [0.25, 0.3) is 5.91 Å². The van der Waals surface area contributed by atoms with E-state index in [1.165, 1.54) is 0 Å². The number of carbonyl (C=O) groups is 2. The number of hydrogen-bond donors (Lipinski definition) is 1. The predicted molar refractivity (Wildman–Crippen MR) is 83.3 cm³/mol. The molecule has 1 aliphatic rings. The first-order valence-electron chi connectivity index (χ1n) is 7.31. The third-order valence-electron chi connectivity index (χ3n) is 3.87. The van der Waals surface area contributed by atoms with E-state index in [1.807, 2.05) is 4.90 Å². The molecule has 2 amide bonds. The van der Waals surface area contributed by atoms with Gasteiger partial charge in [-0.1, -0.05) is 12.1 Å². The standard InChI is InChI=1S/C17H17N3O2/c18-16(21)13-7-5-12(6-8-13)15-14(4-3-9-19-15)17(22)20-10-1-2-11-20/h3-9H,1-2,10-11H2,(H2,18,21). The van der Waals surface area contributed by atoms with E-state index in [-0.39, 0.29) is 5.91 Å². The Bertz CT molecular complexity index is 704. The SMILES string of the molecule is NC(=O)c1ccc(-c2ncccc2C(=O)N2CCCC2)cc1. The van der Waals surface area contributed by atoms with E-state index in [0.29, 0.717) is 16.8 Å². The van der Waals surface area contributed by atoms with Gasteiger partial charge < -0.3 is 10.6 Å². The van der Waals surface area contributed by atoms with Crippen molar-refractivity contribution < 1.29 is 9.59 Å². The van der Waals surface area contributed by atoms with E-state index in [0.717, 1.165) is 31.5 Å². The molecule has 2 heterocycles. The van der Waals surface area contributed by atoms with Crippen molar-refractivity contribution in [2.24, 2.45) is 5.73 Å². The zero-order chi connectivity index (χ0) is 15.5. The molecule has 2 N–H and O–H groups in total. The number of primary amides is 1. The Labute approximate surface area is 128 Å². The molecule has 1 fully saturated rings. The second-order valence-electron chi connectivity index (χ2n) is 5.34. The molecule has 0 spiro atoms. The highest BCUT2D eigenvalue weighted by Gasteiger charge is 2.22. The summed E-state index contributed by atoms with van der Waals surface area (Å²) in [4.78, 5) is 30.0. The molecule has 2 aromatic rings. The first-order chi connectivity index (χ1) is 10.7. The number of carbonyl (C=O) groups excluding carboxylic acids is 2. The van der Waals surface area contributed by atoms with E-state index in [4.69, 9.17) is 5.73 Å². The molecule has 0 bridgehead atoms. The molecule has 5 nitrogen and oxygen atoms in total. The lowest BCUT2D eigenvalue weighted by atomic mass is 10.0. The van der Waals surface area contributed by atoms with Crippen LogP contribution in [0.4, 0.5) is 0 Å². The van der Waals surface area contributed by atoms with E-state index in [9.17, 15) is 9.59 Å². The monoisotopic (exact) mass is 295 g/mol. The van der Waals surface area contributed by atoms with Gasteiger partial charge in [-0.15, -0.1) is 0 Å². The third kappa shape index (κ3) is 2.70. The maximum Gasteiger partial charge on any atom is 0.256 e. The molecule has 5 heteroatoms. The average molecular weight is 295 g/mol. The lowest BCUT2D eigenvalue weighted by Gasteiger charge is -2.17. The number of amides is 2. The van der Waals surface area contributed by atoms with Crippen LogP contribution in [-0.4, -0.2) is 34.8 Å². The number of pyridine rings is 1. The van der Waals surface area contributed by atoms with Crippen molar-refractivity contribution in [3.8, 4) is 11.3 Å². The molecule has 0 radical (unpaired) electrons. The van der Waals surface area contributed by atoms with Crippen molar-refractivity contribution >= 4 is 11.8 Å². The summed E-state index contributed by atoms with van der Waals surface area (Å²) in [5.41, 5.74) is 7.71. The van der Waals surface area contributed by atoms with Crippen molar-refractivity contribution in [1.29, 1.82) is 0 Å². The van der Waals surface area contributed by atoms with E-state index in [1.54, 1.807) is 42.6 Å². The van der Waals surface area contributed by atoms with Crippen LogP contribution in [0.25, 0.3) is 11.3 Å². The Balaban J connectivity index is 1.96. The largest absolute Gasteiger partial charge is 0.366 e. The number of likely N-dealkylation sites (tertiary alicyclic amines) is 1. The highest BCUT2D eigenvalue weighted by molar-refractivity contribution is 6.00. The lowest BCUT2D eigenvalue weighted by Crippen LogP contribution is -2.28. The van der Waals surface area contributed by atoms with Crippen LogP contribution >= 0.6 is 0 Å². The summed E-state index contributed by atoms with van der Waals surface area (Å²) in [6.07, 6.45) is 3.77. The van der Waals surface area contributed by atoms with Crippen LogP contribution in [0.3, 0.4) is 0 Å². The highest BCUT2D eigenvalue weighted by Crippen LogP contribution is 2.24. The van der Waals surface area contributed by atoms with Crippen molar-refractivity contribution in [2.75, 3.05) is 13.1 Å². The van der Waals surface area contributed by atoms with Gasteiger partial charge in [0.1, 0.15) is 0 Å². The molecule has 0 atom stereocenters. The first-order valence-corrected chi connectivity index (χ1v) is 7.31. The molecule has 0 unspecified atom stereocenters. The topological polar surface area (TPSA) is 76.3 Å². The lowest BCUT2D eigenvalue weighted by molar-refractivity contribution is 0.0793. The molecule has 0 aliphatic carbocycles. The second kappa shape index (κ2) is 5.97. The molecule has 112 valence electrons. The van der Waals surface area contributed by atoms with E-state index < -0.39 is 5.91 Å². The average Bonchev–Trinajstić information content (AvgIpc) is 3.09. The zero-order valence-electron chi connectivity index (χ0n) is 12.2. The molecule has 1 saturated heterocycles. The number of aromatic nitrogens is 1. The number of nitrogens with zero attached hydrogens (tertiary/aromatic N) is 2. The van der Waals surface area contributed by atoms with Gasteiger partial charge in [-0.25, -0.2) is 0 Å². The van der Waals surface area contributed by atoms with Crippen molar-refractivity contribution in [3.05, 3.63) is 53.7 Å². The molecule has 3 rings (SSSR count). The summed E-state index contributed by atoms with van der Waals surface area (Å²) in [6.45, 7) is 1.60. The fourth-order valence-electron chi connectivity index (χ4n) is 2.69. The number of hydrogen-bond acceptors (Lipinski definition) is 3. The van der Waals surface area contributed by atoms with Crippen LogP contribution in [-0.2, 0) is 0 Å². The maximum absolute atomic E-state index is 12.6. The minimum Gasteiger partial charge on any atom is -0.366 e. The van der Waals surface area contributed by atoms with Crippen LogP contribution in [0.5, 0.6) is 0 Å². The number of rotatable bonds is 3. The van der Waals surface area contributed by atoms with Gasteiger partial charge in [0, 0.05) is 30.4 Å². The van der Waals surface area contributed by atoms with Crippen LogP contribution in [0.1, 0.15) is 33.6 Å². The van der Waals surface area contributed by atoms with E-state index >= 15 is 0 Å². The molecule has 1 aromatic carbocycles. The molecular formula is C17H17N3O2. The van der Waals surface area contributed by atoms with Gasteiger partial charge in [0.15, 0.2) is 0 Å². The molecular weight excluding hydrogens is 278 g/mol. The van der Waals surface area contributed by atoms with Gasteiger partial charge in [-0.3, -0.25) is 14.6 Å². The molecule has 0 saturated carbocycles. The maximum atomic E-state index is 12.6. The Hall–Kier alpha value is -2.69. The smallest absolute Gasteiger partial charge is 0.256 e.